The van der Waals surface area contributed by atoms with E-state index in [1.807, 2.05) is 54.6 Å². The van der Waals surface area contributed by atoms with Crippen molar-refractivity contribution in [2.75, 3.05) is 6.54 Å². The summed E-state index contributed by atoms with van der Waals surface area (Å²) < 4.78 is 11.8. The first-order valence-electron chi connectivity index (χ1n) is 8.35. The summed E-state index contributed by atoms with van der Waals surface area (Å²) in [5.41, 5.74) is 9.19. The molecule has 0 saturated heterocycles. The summed E-state index contributed by atoms with van der Waals surface area (Å²) in [4.78, 5) is 4.55. The first kappa shape index (κ1) is 16.6. The van der Waals surface area contributed by atoms with E-state index < -0.39 is 0 Å². The van der Waals surface area contributed by atoms with Crippen molar-refractivity contribution in [2.45, 2.75) is 6.42 Å². The van der Waals surface area contributed by atoms with Gasteiger partial charge in [-0.05, 0) is 67.1 Å². The van der Waals surface area contributed by atoms with E-state index in [0.29, 0.717) is 34.5 Å². The molecule has 0 atom stereocenters. The number of nitrogens with two attached hydrogens (primary N) is 1. The van der Waals surface area contributed by atoms with Crippen LogP contribution in [0.4, 0.5) is 0 Å². The van der Waals surface area contributed by atoms with Gasteiger partial charge in [-0.25, -0.2) is 4.98 Å². The molecule has 0 aliphatic carbocycles. The number of halogens is 1. The molecule has 0 aliphatic rings. The van der Waals surface area contributed by atoms with Crippen molar-refractivity contribution >= 4 is 22.7 Å². The standard InChI is InChI=1S/C21H17ClN2O2/c22-16-5-7-17(8-6-16)25-18-9-10-19-20(13-18)26-21(24-19)15-3-1-14(2-4-15)11-12-23/h1-10,13H,11-12,23H2. The predicted octanol–water partition coefficient (Wildman–Crippen LogP) is 5.44. The lowest BCUT2D eigenvalue weighted by Gasteiger charge is -2.04. The summed E-state index contributed by atoms with van der Waals surface area (Å²) >= 11 is 5.90. The SMILES string of the molecule is NCCc1ccc(-c2nc3ccc(Oc4ccc(Cl)cc4)cc3o2)cc1. The molecular weight excluding hydrogens is 348 g/mol. The molecule has 130 valence electrons. The second-order valence-electron chi connectivity index (χ2n) is 5.94. The maximum Gasteiger partial charge on any atom is 0.227 e. The molecule has 0 spiro atoms. The smallest absolute Gasteiger partial charge is 0.227 e. The Morgan fingerprint density at radius 1 is 0.923 bits per heavy atom. The molecule has 1 aromatic heterocycles. The van der Waals surface area contributed by atoms with Crippen LogP contribution in [0.5, 0.6) is 11.5 Å². The van der Waals surface area contributed by atoms with E-state index in [-0.39, 0.29) is 0 Å². The van der Waals surface area contributed by atoms with Gasteiger partial charge in [-0.3, -0.25) is 0 Å². The van der Waals surface area contributed by atoms with Gasteiger partial charge in [0.05, 0.1) is 0 Å². The third-order valence-corrected chi connectivity index (χ3v) is 4.30. The minimum absolute atomic E-state index is 0.586. The summed E-state index contributed by atoms with van der Waals surface area (Å²) in [6, 6.07) is 20.9. The Kier molecular flexibility index (Phi) is 4.61. The van der Waals surface area contributed by atoms with Crippen LogP contribution in [0.3, 0.4) is 0 Å². The van der Waals surface area contributed by atoms with Gasteiger partial charge in [0.2, 0.25) is 5.89 Å². The molecular formula is C21H17ClN2O2. The number of hydrogen-bond donors (Lipinski definition) is 1. The monoisotopic (exact) mass is 364 g/mol. The molecule has 2 N–H and O–H groups in total. The highest BCUT2D eigenvalue weighted by atomic mass is 35.5. The van der Waals surface area contributed by atoms with Crippen LogP contribution in [0.1, 0.15) is 5.56 Å². The molecule has 0 fully saturated rings. The Hall–Kier alpha value is -2.82. The molecule has 0 radical (unpaired) electrons. The summed E-state index contributed by atoms with van der Waals surface area (Å²) in [7, 11) is 0. The summed E-state index contributed by atoms with van der Waals surface area (Å²) in [6.45, 7) is 0.638. The number of ether oxygens (including phenoxy) is 1. The van der Waals surface area contributed by atoms with E-state index in [0.717, 1.165) is 17.5 Å². The van der Waals surface area contributed by atoms with Gasteiger partial charge in [-0.2, -0.15) is 0 Å². The van der Waals surface area contributed by atoms with E-state index in [1.54, 1.807) is 12.1 Å². The van der Waals surface area contributed by atoms with Gasteiger partial charge in [-0.1, -0.05) is 23.7 Å². The van der Waals surface area contributed by atoms with Gasteiger partial charge in [0.15, 0.2) is 5.58 Å². The zero-order valence-electron chi connectivity index (χ0n) is 14.0. The number of nitrogens with zero attached hydrogens (tertiary/aromatic N) is 1. The van der Waals surface area contributed by atoms with Crippen LogP contribution in [0.15, 0.2) is 71.1 Å². The van der Waals surface area contributed by atoms with E-state index in [1.165, 1.54) is 5.56 Å². The van der Waals surface area contributed by atoms with Crippen LogP contribution in [-0.2, 0) is 6.42 Å². The Morgan fingerprint density at radius 3 is 2.38 bits per heavy atom. The molecule has 26 heavy (non-hydrogen) atoms. The second-order valence-corrected chi connectivity index (χ2v) is 6.38. The fourth-order valence-corrected chi connectivity index (χ4v) is 2.84. The lowest BCUT2D eigenvalue weighted by Crippen LogP contribution is -2.02. The summed E-state index contributed by atoms with van der Waals surface area (Å²) in [5, 5.41) is 0.671. The third kappa shape index (κ3) is 3.57. The van der Waals surface area contributed by atoms with Crippen LogP contribution < -0.4 is 10.5 Å². The number of rotatable bonds is 5. The van der Waals surface area contributed by atoms with E-state index in [2.05, 4.69) is 4.98 Å². The topological polar surface area (TPSA) is 61.3 Å². The number of hydrogen-bond acceptors (Lipinski definition) is 4. The zero-order chi connectivity index (χ0) is 17.9. The van der Waals surface area contributed by atoms with Crippen molar-refractivity contribution in [1.82, 2.24) is 4.98 Å². The second kappa shape index (κ2) is 7.20. The number of oxazole rings is 1. The molecule has 4 aromatic rings. The highest BCUT2D eigenvalue weighted by Crippen LogP contribution is 2.29. The number of benzene rings is 3. The molecule has 4 nitrogen and oxygen atoms in total. The zero-order valence-corrected chi connectivity index (χ0v) is 14.7. The van der Waals surface area contributed by atoms with Crippen molar-refractivity contribution in [3.63, 3.8) is 0 Å². The third-order valence-electron chi connectivity index (χ3n) is 4.04. The molecule has 0 saturated carbocycles. The van der Waals surface area contributed by atoms with Crippen LogP contribution >= 0.6 is 11.6 Å². The van der Waals surface area contributed by atoms with Crippen LogP contribution in [0.2, 0.25) is 5.02 Å². The Labute approximate surface area is 156 Å². The van der Waals surface area contributed by atoms with Crippen LogP contribution in [-0.4, -0.2) is 11.5 Å². The maximum absolute atomic E-state index is 5.91. The van der Waals surface area contributed by atoms with E-state index in [4.69, 9.17) is 26.5 Å². The Bertz CT molecular complexity index is 1020. The average Bonchev–Trinajstić information content (AvgIpc) is 3.08. The van der Waals surface area contributed by atoms with Crippen molar-refractivity contribution in [3.05, 3.63) is 77.3 Å². The first-order chi connectivity index (χ1) is 12.7. The summed E-state index contributed by atoms with van der Waals surface area (Å²) in [6.07, 6.45) is 0.860. The van der Waals surface area contributed by atoms with Crippen molar-refractivity contribution in [2.24, 2.45) is 5.73 Å². The van der Waals surface area contributed by atoms with Crippen molar-refractivity contribution in [3.8, 4) is 23.0 Å². The van der Waals surface area contributed by atoms with Crippen LogP contribution in [0, 0.1) is 0 Å². The molecule has 0 unspecified atom stereocenters. The molecule has 5 heteroatoms. The predicted molar refractivity (Wildman–Crippen MR) is 104 cm³/mol. The molecule has 0 bridgehead atoms. The van der Waals surface area contributed by atoms with Crippen molar-refractivity contribution < 1.29 is 9.15 Å². The van der Waals surface area contributed by atoms with Gasteiger partial charge >= 0.3 is 0 Å². The lowest BCUT2D eigenvalue weighted by atomic mass is 10.1. The molecule has 3 aromatic carbocycles. The maximum atomic E-state index is 5.91. The van der Waals surface area contributed by atoms with Gasteiger partial charge in [-0.15, -0.1) is 0 Å². The largest absolute Gasteiger partial charge is 0.457 e. The Morgan fingerprint density at radius 2 is 1.65 bits per heavy atom. The van der Waals surface area contributed by atoms with Crippen molar-refractivity contribution in [1.29, 1.82) is 0 Å². The molecule has 1 heterocycles. The van der Waals surface area contributed by atoms with E-state index >= 15 is 0 Å². The fourth-order valence-electron chi connectivity index (χ4n) is 2.71. The fraction of sp³-hybridized carbons (Fsp3) is 0.0952. The van der Waals surface area contributed by atoms with Crippen LogP contribution in [0.25, 0.3) is 22.6 Å². The number of aromatic nitrogens is 1. The lowest BCUT2D eigenvalue weighted by molar-refractivity contribution is 0.482. The number of fused-ring (bicyclic) bond motifs is 1. The first-order valence-corrected chi connectivity index (χ1v) is 8.72. The highest BCUT2D eigenvalue weighted by molar-refractivity contribution is 6.30. The van der Waals surface area contributed by atoms with Gasteiger partial charge < -0.3 is 14.9 Å². The quantitative estimate of drug-likeness (QED) is 0.512. The van der Waals surface area contributed by atoms with Gasteiger partial charge in [0.1, 0.15) is 17.0 Å². The van der Waals surface area contributed by atoms with Gasteiger partial charge in [0.25, 0.3) is 0 Å². The summed E-state index contributed by atoms with van der Waals surface area (Å²) in [5.74, 6) is 1.98. The molecule has 0 aliphatic heterocycles. The highest BCUT2D eigenvalue weighted by Gasteiger charge is 2.10. The van der Waals surface area contributed by atoms with E-state index in [9.17, 15) is 0 Å². The molecule has 0 amide bonds. The Balaban J connectivity index is 1.60. The van der Waals surface area contributed by atoms with Gasteiger partial charge in [0, 0.05) is 16.7 Å². The minimum atomic E-state index is 0.586. The minimum Gasteiger partial charge on any atom is -0.457 e. The molecule has 4 rings (SSSR count). The average molecular weight is 365 g/mol. The normalized spacial score (nSPS) is 11.0.